The van der Waals surface area contributed by atoms with Gasteiger partial charge in [0.1, 0.15) is 0 Å². The second-order valence-corrected chi connectivity index (χ2v) is 3.18. The Labute approximate surface area is 74.2 Å². The predicted octanol–water partition coefficient (Wildman–Crippen LogP) is 0.837. The third kappa shape index (κ3) is 0.860. The lowest BCUT2D eigenvalue weighted by Crippen LogP contribution is -2.16. The van der Waals surface area contributed by atoms with E-state index in [9.17, 15) is 4.79 Å². The number of rotatable bonds is 0. The van der Waals surface area contributed by atoms with Gasteiger partial charge in [0, 0.05) is 11.3 Å². The lowest BCUT2D eigenvalue weighted by molar-refractivity contribution is 0.0291. The number of fused-ring (bicyclic) bond motifs is 3. The summed E-state index contributed by atoms with van der Waals surface area (Å²) in [5.41, 5.74) is 7.65. The van der Waals surface area contributed by atoms with Crippen LogP contribution in [0.1, 0.15) is 22.0 Å². The zero-order valence-electron chi connectivity index (χ0n) is 6.69. The molecule has 1 aromatic rings. The number of nitrogen functional groups attached to an aromatic ring is 1. The third-order valence-corrected chi connectivity index (χ3v) is 2.28. The number of esters is 1. The van der Waals surface area contributed by atoms with Crippen molar-refractivity contribution in [2.24, 2.45) is 0 Å². The highest BCUT2D eigenvalue weighted by Crippen LogP contribution is 2.45. The highest BCUT2D eigenvalue weighted by atomic mass is 16.8. The first-order chi connectivity index (χ1) is 6.25. The number of carbonyl (C=O) groups is 1. The molecule has 0 saturated carbocycles. The van der Waals surface area contributed by atoms with Gasteiger partial charge in [0.15, 0.2) is 6.10 Å². The largest absolute Gasteiger partial charge is 0.429 e. The van der Waals surface area contributed by atoms with Gasteiger partial charge in [0.2, 0.25) is 6.29 Å². The lowest BCUT2D eigenvalue weighted by Gasteiger charge is -2.11. The van der Waals surface area contributed by atoms with Crippen LogP contribution in [0.25, 0.3) is 0 Å². The third-order valence-electron chi connectivity index (χ3n) is 2.28. The summed E-state index contributed by atoms with van der Waals surface area (Å²) in [5, 5.41) is 0. The van der Waals surface area contributed by atoms with Crippen molar-refractivity contribution in [3.8, 4) is 0 Å². The van der Waals surface area contributed by atoms with Crippen LogP contribution in [0, 0.1) is 0 Å². The minimum atomic E-state index is -0.373. The van der Waals surface area contributed by atoms with Crippen molar-refractivity contribution in [1.29, 1.82) is 0 Å². The zero-order chi connectivity index (χ0) is 9.00. The summed E-state index contributed by atoms with van der Waals surface area (Å²) in [6, 6.07) is 5.12. The van der Waals surface area contributed by atoms with Crippen LogP contribution >= 0.6 is 0 Å². The van der Waals surface area contributed by atoms with Gasteiger partial charge in [-0.2, -0.15) is 0 Å². The van der Waals surface area contributed by atoms with E-state index in [1.807, 2.05) is 0 Å². The van der Waals surface area contributed by atoms with E-state index in [2.05, 4.69) is 0 Å². The van der Waals surface area contributed by atoms with Crippen LogP contribution < -0.4 is 5.73 Å². The fraction of sp³-hybridized carbons (Fsp3) is 0.222. The molecule has 3 rings (SSSR count). The summed E-state index contributed by atoms with van der Waals surface area (Å²) in [6.45, 7) is 0. The standard InChI is InChI=1S/C9H7NO3/c10-4-1-2-5-6(3-4)7-9(12-7)13-8(5)11/h1-3,7,9H,10H2. The summed E-state index contributed by atoms with van der Waals surface area (Å²) in [4.78, 5) is 11.3. The molecule has 2 aliphatic heterocycles. The fourth-order valence-electron chi connectivity index (χ4n) is 1.58. The Kier molecular flexibility index (Phi) is 1.08. The Hall–Kier alpha value is -1.55. The van der Waals surface area contributed by atoms with Crippen LogP contribution in [0.3, 0.4) is 0 Å². The van der Waals surface area contributed by atoms with Crippen molar-refractivity contribution in [2.75, 3.05) is 5.73 Å². The molecule has 1 aromatic carbocycles. The summed E-state index contributed by atoms with van der Waals surface area (Å²) in [7, 11) is 0. The molecule has 4 heteroatoms. The van der Waals surface area contributed by atoms with Crippen LogP contribution in [0.2, 0.25) is 0 Å². The van der Waals surface area contributed by atoms with Crippen LogP contribution in [-0.2, 0) is 9.47 Å². The Balaban J connectivity index is 2.20. The van der Waals surface area contributed by atoms with Gasteiger partial charge in [-0.1, -0.05) is 0 Å². The maximum Gasteiger partial charge on any atom is 0.340 e. The monoisotopic (exact) mass is 177 g/mol. The zero-order valence-corrected chi connectivity index (χ0v) is 6.69. The summed E-state index contributed by atoms with van der Waals surface area (Å²) >= 11 is 0. The van der Waals surface area contributed by atoms with Gasteiger partial charge in [-0.15, -0.1) is 0 Å². The summed E-state index contributed by atoms with van der Waals surface area (Å²) in [5.74, 6) is -0.325. The van der Waals surface area contributed by atoms with Crippen molar-refractivity contribution in [3.63, 3.8) is 0 Å². The van der Waals surface area contributed by atoms with E-state index in [0.29, 0.717) is 11.3 Å². The van der Waals surface area contributed by atoms with Crippen LogP contribution in [0.5, 0.6) is 0 Å². The van der Waals surface area contributed by atoms with Crippen molar-refractivity contribution in [2.45, 2.75) is 12.4 Å². The van der Waals surface area contributed by atoms with Crippen molar-refractivity contribution < 1.29 is 14.3 Å². The normalized spacial score (nSPS) is 28.8. The molecule has 2 atom stereocenters. The molecule has 1 fully saturated rings. The van der Waals surface area contributed by atoms with Crippen molar-refractivity contribution >= 4 is 11.7 Å². The molecule has 13 heavy (non-hydrogen) atoms. The molecule has 0 spiro atoms. The van der Waals surface area contributed by atoms with Gasteiger partial charge >= 0.3 is 5.97 Å². The average Bonchev–Trinajstić information content (AvgIpc) is 2.83. The Morgan fingerprint density at radius 2 is 2.23 bits per heavy atom. The SMILES string of the molecule is Nc1ccc2c(c1)C1OC1OC2=O. The lowest BCUT2D eigenvalue weighted by atomic mass is 10.0. The number of benzene rings is 1. The van der Waals surface area contributed by atoms with E-state index >= 15 is 0 Å². The molecule has 0 amide bonds. The second-order valence-electron chi connectivity index (χ2n) is 3.18. The molecule has 0 aromatic heterocycles. The first-order valence-electron chi connectivity index (χ1n) is 4.01. The maximum atomic E-state index is 11.3. The van der Waals surface area contributed by atoms with Gasteiger partial charge in [-0.3, -0.25) is 0 Å². The number of epoxide rings is 1. The molecular formula is C9H7NO3. The number of ether oxygens (including phenoxy) is 2. The number of carbonyl (C=O) groups excluding carboxylic acids is 1. The second kappa shape index (κ2) is 2.03. The number of anilines is 1. The van der Waals surface area contributed by atoms with E-state index < -0.39 is 0 Å². The van der Waals surface area contributed by atoms with Gasteiger partial charge < -0.3 is 15.2 Å². The predicted molar refractivity (Wildman–Crippen MR) is 43.9 cm³/mol. The first-order valence-corrected chi connectivity index (χ1v) is 4.01. The summed E-state index contributed by atoms with van der Waals surface area (Å²) < 4.78 is 10.1. The fourth-order valence-corrected chi connectivity index (χ4v) is 1.58. The van der Waals surface area contributed by atoms with Gasteiger partial charge in [-0.05, 0) is 18.2 Å². The highest BCUT2D eigenvalue weighted by Gasteiger charge is 2.49. The first kappa shape index (κ1) is 6.91. The molecule has 2 N–H and O–H groups in total. The molecule has 0 radical (unpaired) electrons. The molecule has 66 valence electrons. The molecule has 4 nitrogen and oxygen atoms in total. The Bertz CT molecular complexity index is 402. The van der Waals surface area contributed by atoms with E-state index in [-0.39, 0.29) is 18.4 Å². The van der Waals surface area contributed by atoms with E-state index in [4.69, 9.17) is 15.2 Å². The number of hydrogen-bond donors (Lipinski definition) is 1. The van der Waals surface area contributed by atoms with E-state index in [0.717, 1.165) is 5.56 Å². The van der Waals surface area contributed by atoms with Crippen molar-refractivity contribution in [3.05, 3.63) is 29.3 Å². The van der Waals surface area contributed by atoms with E-state index in [1.165, 1.54) is 0 Å². The molecule has 0 aliphatic carbocycles. The quantitative estimate of drug-likeness (QED) is 0.362. The maximum absolute atomic E-state index is 11.3. The minimum absolute atomic E-state index is 0.0869. The number of nitrogens with two attached hydrogens (primary N) is 1. The molecule has 1 saturated heterocycles. The average molecular weight is 177 g/mol. The van der Waals surface area contributed by atoms with Gasteiger partial charge in [-0.25, -0.2) is 4.79 Å². The number of hydrogen-bond acceptors (Lipinski definition) is 4. The van der Waals surface area contributed by atoms with Gasteiger partial charge in [0.25, 0.3) is 0 Å². The smallest absolute Gasteiger partial charge is 0.340 e. The molecule has 0 bridgehead atoms. The highest BCUT2D eigenvalue weighted by molar-refractivity contribution is 5.93. The molecule has 2 heterocycles. The summed E-state index contributed by atoms with van der Waals surface area (Å²) in [6.07, 6.45) is -0.460. The van der Waals surface area contributed by atoms with E-state index in [1.54, 1.807) is 18.2 Å². The van der Waals surface area contributed by atoms with Crippen LogP contribution in [0.4, 0.5) is 5.69 Å². The Morgan fingerprint density at radius 3 is 3.08 bits per heavy atom. The minimum Gasteiger partial charge on any atom is -0.429 e. The molecule has 2 unspecified atom stereocenters. The topological polar surface area (TPSA) is 64.8 Å². The molecule has 2 aliphatic rings. The Morgan fingerprint density at radius 1 is 1.38 bits per heavy atom. The van der Waals surface area contributed by atoms with Crippen LogP contribution in [-0.4, -0.2) is 12.3 Å². The molecular weight excluding hydrogens is 170 g/mol. The van der Waals surface area contributed by atoms with Crippen LogP contribution in [0.15, 0.2) is 18.2 Å². The van der Waals surface area contributed by atoms with Gasteiger partial charge in [0.05, 0.1) is 5.56 Å². The van der Waals surface area contributed by atoms with Crippen molar-refractivity contribution in [1.82, 2.24) is 0 Å².